The maximum Gasteiger partial charge on any atom is 0.118 e. The second-order valence-corrected chi connectivity index (χ2v) is 9.02. The Bertz CT molecular complexity index is 744. The molecular formula is C25H36NO3+. The third kappa shape index (κ3) is 5.81. The van der Waals surface area contributed by atoms with E-state index in [1.54, 1.807) is 7.11 Å². The van der Waals surface area contributed by atoms with E-state index in [1.807, 2.05) is 12.1 Å². The van der Waals surface area contributed by atoms with Crippen LogP contribution in [0.3, 0.4) is 0 Å². The fourth-order valence-electron chi connectivity index (χ4n) is 4.89. The first kappa shape index (κ1) is 21.8. The van der Waals surface area contributed by atoms with Crippen LogP contribution < -0.4 is 10.1 Å². The summed E-state index contributed by atoms with van der Waals surface area (Å²) in [6.45, 7) is 7.15. The zero-order valence-electron chi connectivity index (χ0n) is 18.1. The Morgan fingerprint density at radius 2 is 1.79 bits per heavy atom. The van der Waals surface area contributed by atoms with Crippen molar-refractivity contribution in [2.45, 2.75) is 45.3 Å². The smallest absolute Gasteiger partial charge is 0.118 e. The van der Waals surface area contributed by atoms with Crippen LogP contribution in [-0.2, 0) is 17.7 Å². The molecule has 3 N–H and O–H groups in total. The minimum Gasteiger partial charge on any atom is -0.497 e. The fraction of sp³-hybridized carbons (Fsp3) is 0.520. The van der Waals surface area contributed by atoms with Gasteiger partial charge in [0.05, 0.1) is 25.9 Å². The van der Waals surface area contributed by atoms with Gasteiger partial charge in [0.1, 0.15) is 12.3 Å². The predicted octanol–water partition coefficient (Wildman–Crippen LogP) is 3.19. The summed E-state index contributed by atoms with van der Waals surface area (Å²) in [4.78, 5) is 0. The highest BCUT2D eigenvalue weighted by atomic mass is 16.5. The molecule has 0 aromatic heterocycles. The molecule has 2 aromatic carbocycles. The van der Waals surface area contributed by atoms with Crippen molar-refractivity contribution in [1.29, 1.82) is 0 Å². The Hall–Kier alpha value is -1.88. The minimum absolute atomic E-state index is 0.0499. The lowest BCUT2D eigenvalue weighted by atomic mass is 9.63. The van der Waals surface area contributed by atoms with Gasteiger partial charge >= 0.3 is 0 Å². The Balaban J connectivity index is 1.71. The molecule has 1 fully saturated rings. The van der Waals surface area contributed by atoms with Crippen molar-refractivity contribution in [2.75, 3.05) is 26.9 Å². The molecule has 4 nitrogen and oxygen atoms in total. The summed E-state index contributed by atoms with van der Waals surface area (Å²) < 4.78 is 11.3. The Labute approximate surface area is 175 Å². The molecule has 0 radical (unpaired) electrons. The van der Waals surface area contributed by atoms with Crippen molar-refractivity contribution in [3.05, 3.63) is 65.7 Å². The number of ether oxygens (including phenoxy) is 2. The van der Waals surface area contributed by atoms with Crippen LogP contribution in [0.5, 0.6) is 5.75 Å². The van der Waals surface area contributed by atoms with Gasteiger partial charge in [-0.05, 0) is 68.4 Å². The molecule has 0 saturated carbocycles. The first-order valence-electron chi connectivity index (χ1n) is 10.7. The van der Waals surface area contributed by atoms with Crippen molar-refractivity contribution in [3.63, 3.8) is 0 Å². The number of quaternary nitrogens is 1. The van der Waals surface area contributed by atoms with E-state index in [0.29, 0.717) is 0 Å². The lowest BCUT2D eigenvalue weighted by Crippen LogP contribution is -2.85. The maximum atomic E-state index is 10.4. The van der Waals surface area contributed by atoms with Crippen LogP contribution in [0.25, 0.3) is 0 Å². The SMILES string of the molecule is COc1ccc(C[NH2+]C[C@H](CO)[C@@]2(Cc3ccccc3)CCOC(C)(C)C2)cc1. The number of rotatable bonds is 9. The van der Waals surface area contributed by atoms with E-state index in [0.717, 1.165) is 44.7 Å². The van der Waals surface area contributed by atoms with Gasteiger partial charge in [0, 0.05) is 18.1 Å². The highest BCUT2D eigenvalue weighted by molar-refractivity contribution is 5.26. The van der Waals surface area contributed by atoms with Crippen LogP contribution in [0, 0.1) is 11.3 Å². The second-order valence-electron chi connectivity index (χ2n) is 9.02. The molecule has 2 aromatic rings. The lowest BCUT2D eigenvalue weighted by molar-refractivity contribution is -0.678. The Morgan fingerprint density at radius 1 is 1.07 bits per heavy atom. The summed E-state index contributed by atoms with van der Waals surface area (Å²) in [5.41, 5.74) is 2.51. The Kier molecular flexibility index (Phi) is 7.33. The third-order valence-corrected chi connectivity index (χ3v) is 6.35. The maximum absolute atomic E-state index is 10.4. The van der Waals surface area contributed by atoms with Gasteiger partial charge in [0.25, 0.3) is 0 Å². The van der Waals surface area contributed by atoms with Gasteiger partial charge in [-0.25, -0.2) is 0 Å². The van der Waals surface area contributed by atoms with Crippen molar-refractivity contribution in [3.8, 4) is 5.75 Å². The van der Waals surface area contributed by atoms with Gasteiger partial charge < -0.3 is 19.9 Å². The monoisotopic (exact) mass is 398 g/mol. The summed E-state index contributed by atoms with van der Waals surface area (Å²) in [5.74, 6) is 1.11. The molecule has 0 bridgehead atoms. The first-order valence-corrected chi connectivity index (χ1v) is 10.7. The molecule has 4 heteroatoms. The zero-order chi connectivity index (χ0) is 20.7. The van der Waals surface area contributed by atoms with E-state index in [2.05, 4.69) is 61.6 Å². The number of hydrogen-bond acceptors (Lipinski definition) is 3. The highest BCUT2D eigenvalue weighted by Gasteiger charge is 2.46. The first-order chi connectivity index (χ1) is 14.0. The molecule has 0 aliphatic carbocycles. The molecule has 3 rings (SSSR count). The van der Waals surface area contributed by atoms with Crippen LogP contribution >= 0.6 is 0 Å². The van der Waals surface area contributed by atoms with Crippen LogP contribution in [0.1, 0.15) is 37.8 Å². The van der Waals surface area contributed by atoms with Crippen LogP contribution in [0.2, 0.25) is 0 Å². The highest BCUT2D eigenvalue weighted by Crippen LogP contribution is 2.46. The summed E-state index contributed by atoms with van der Waals surface area (Å²) in [6, 6.07) is 18.9. The Morgan fingerprint density at radius 3 is 2.41 bits per heavy atom. The number of aliphatic hydroxyl groups is 1. The van der Waals surface area contributed by atoms with E-state index in [4.69, 9.17) is 9.47 Å². The standard InChI is InChI=1S/C25H35NO3/c1-24(2)19-25(13-14-29-24,15-20-7-5-4-6-8-20)22(18-27)17-26-16-21-9-11-23(28-3)12-10-21/h4-12,22,26-27H,13-19H2,1-3H3/p+1/t22-,25-/m1/s1. The summed E-state index contributed by atoms with van der Waals surface area (Å²) in [5, 5.41) is 12.7. The van der Waals surface area contributed by atoms with Crippen LogP contribution in [0.15, 0.2) is 54.6 Å². The summed E-state index contributed by atoms with van der Waals surface area (Å²) in [6.07, 6.45) is 2.95. The molecule has 0 spiro atoms. The van der Waals surface area contributed by atoms with E-state index in [9.17, 15) is 5.11 Å². The van der Waals surface area contributed by atoms with E-state index < -0.39 is 0 Å². The lowest BCUT2D eigenvalue weighted by Gasteiger charge is -2.48. The molecule has 0 unspecified atom stereocenters. The van der Waals surface area contributed by atoms with Gasteiger partial charge in [-0.15, -0.1) is 0 Å². The molecule has 1 saturated heterocycles. The molecule has 1 aliphatic rings. The number of methoxy groups -OCH3 is 1. The molecule has 29 heavy (non-hydrogen) atoms. The fourth-order valence-corrected chi connectivity index (χ4v) is 4.89. The van der Waals surface area contributed by atoms with Crippen LogP contribution in [0.4, 0.5) is 0 Å². The van der Waals surface area contributed by atoms with E-state index in [1.165, 1.54) is 11.1 Å². The summed E-state index contributed by atoms with van der Waals surface area (Å²) >= 11 is 0. The average molecular weight is 399 g/mol. The quantitative estimate of drug-likeness (QED) is 0.682. The van der Waals surface area contributed by atoms with Gasteiger partial charge in [-0.3, -0.25) is 0 Å². The van der Waals surface area contributed by atoms with Crippen molar-refractivity contribution in [1.82, 2.24) is 0 Å². The minimum atomic E-state index is -0.156. The topological polar surface area (TPSA) is 55.3 Å². The van der Waals surface area contributed by atoms with Gasteiger partial charge in [-0.2, -0.15) is 0 Å². The van der Waals surface area contributed by atoms with Crippen molar-refractivity contribution in [2.24, 2.45) is 11.3 Å². The third-order valence-electron chi connectivity index (χ3n) is 6.35. The number of benzene rings is 2. The molecular weight excluding hydrogens is 362 g/mol. The second kappa shape index (κ2) is 9.75. The largest absolute Gasteiger partial charge is 0.497 e. The number of aliphatic hydroxyl groups excluding tert-OH is 1. The van der Waals surface area contributed by atoms with Gasteiger partial charge in [0.2, 0.25) is 0 Å². The summed E-state index contributed by atoms with van der Waals surface area (Å²) in [7, 11) is 1.69. The normalized spacial score (nSPS) is 22.2. The molecule has 0 amide bonds. The zero-order valence-corrected chi connectivity index (χ0v) is 18.1. The van der Waals surface area contributed by atoms with Crippen molar-refractivity contribution < 1.29 is 19.9 Å². The van der Waals surface area contributed by atoms with Crippen molar-refractivity contribution >= 4 is 0 Å². The number of hydrogen-bond donors (Lipinski definition) is 2. The molecule has 1 heterocycles. The average Bonchev–Trinajstić information content (AvgIpc) is 2.71. The predicted molar refractivity (Wildman–Crippen MR) is 116 cm³/mol. The van der Waals surface area contributed by atoms with Crippen LogP contribution in [-0.4, -0.2) is 37.6 Å². The van der Waals surface area contributed by atoms with E-state index >= 15 is 0 Å². The van der Waals surface area contributed by atoms with Gasteiger partial charge in [0.15, 0.2) is 0 Å². The molecule has 2 atom stereocenters. The van der Waals surface area contributed by atoms with Gasteiger partial charge in [-0.1, -0.05) is 30.3 Å². The number of nitrogens with two attached hydrogens (primary N) is 1. The molecule has 1 aliphatic heterocycles. The van der Waals surface area contributed by atoms with E-state index in [-0.39, 0.29) is 23.5 Å². The molecule has 158 valence electrons.